The zero-order valence-electron chi connectivity index (χ0n) is 14.7. The van der Waals surface area contributed by atoms with Crippen molar-refractivity contribution in [3.05, 3.63) is 35.4 Å². The minimum atomic E-state index is -3.21. The lowest BCUT2D eigenvalue weighted by atomic mass is 10.0. The highest BCUT2D eigenvalue weighted by atomic mass is 35.5. The predicted molar refractivity (Wildman–Crippen MR) is 104 cm³/mol. The Kier molecular flexibility index (Phi) is 11.0. The summed E-state index contributed by atoms with van der Waals surface area (Å²) in [6, 6.07) is 7.99. The molecule has 0 fully saturated rings. The Morgan fingerprint density at radius 2 is 1.75 bits per heavy atom. The van der Waals surface area contributed by atoms with Gasteiger partial charge < -0.3 is 5.73 Å². The molecule has 0 saturated carbocycles. The molecule has 4 nitrogen and oxygen atoms in total. The molecule has 24 heavy (non-hydrogen) atoms. The van der Waals surface area contributed by atoms with Crippen molar-refractivity contribution in [2.24, 2.45) is 5.73 Å². The lowest BCUT2D eigenvalue weighted by Crippen LogP contribution is -2.33. The van der Waals surface area contributed by atoms with Crippen molar-refractivity contribution in [3.8, 4) is 11.8 Å². The monoisotopic (exact) mass is 372 g/mol. The van der Waals surface area contributed by atoms with E-state index >= 15 is 0 Å². The van der Waals surface area contributed by atoms with Crippen molar-refractivity contribution in [1.29, 1.82) is 0 Å². The van der Waals surface area contributed by atoms with Crippen molar-refractivity contribution < 1.29 is 8.42 Å². The van der Waals surface area contributed by atoms with E-state index in [1.54, 1.807) is 13.8 Å². The summed E-state index contributed by atoms with van der Waals surface area (Å²) in [5, 5.41) is -0.411. The average molecular weight is 373 g/mol. The maximum Gasteiger partial charge on any atom is 0.213 e. The quantitative estimate of drug-likeness (QED) is 0.544. The maximum absolute atomic E-state index is 11.8. The van der Waals surface area contributed by atoms with Crippen LogP contribution in [0.1, 0.15) is 57.1 Å². The van der Waals surface area contributed by atoms with Crippen molar-refractivity contribution in [2.45, 2.75) is 51.2 Å². The maximum atomic E-state index is 11.8. The molecule has 3 N–H and O–H groups in total. The molecule has 0 aliphatic carbocycles. The van der Waals surface area contributed by atoms with E-state index in [1.807, 2.05) is 31.2 Å². The first-order chi connectivity index (χ1) is 10.9. The number of benzene rings is 1. The van der Waals surface area contributed by atoms with Crippen LogP contribution >= 0.6 is 12.4 Å². The zero-order chi connectivity index (χ0) is 17.3. The standard InChI is InChI=1S/C18H28N2O2S.ClH/c1-15(2)23(21,22)20-14-16(3)18-11-9-17(10-12-18)8-6-4-5-7-13-19;/h9-12,15-16,20H,4-5,7,13-14,19H2,1-3H3;1H. The molecular weight excluding hydrogens is 344 g/mol. The number of hydrogen-bond donors (Lipinski definition) is 2. The average Bonchev–Trinajstić information content (AvgIpc) is 2.53. The third-order valence-electron chi connectivity index (χ3n) is 3.68. The number of halogens is 1. The highest BCUT2D eigenvalue weighted by Gasteiger charge is 2.16. The molecule has 0 saturated heterocycles. The van der Waals surface area contributed by atoms with Gasteiger partial charge in [-0.15, -0.1) is 12.4 Å². The molecule has 0 heterocycles. The lowest BCUT2D eigenvalue weighted by Gasteiger charge is -2.15. The van der Waals surface area contributed by atoms with Crippen LogP contribution in [-0.2, 0) is 10.0 Å². The van der Waals surface area contributed by atoms with Gasteiger partial charge in [0, 0.05) is 18.5 Å². The summed E-state index contributed by atoms with van der Waals surface area (Å²) >= 11 is 0. The first-order valence-corrected chi connectivity index (χ1v) is 9.69. The summed E-state index contributed by atoms with van der Waals surface area (Å²) < 4.78 is 26.2. The minimum Gasteiger partial charge on any atom is -0.330 e. The molecule has 1 aromatic rings. The van der Waals surface area contributed by atoms with Gasteiger partial charge in [0.25, 0.3) is 0 Å². The van der Waals surface area contributed by atoms with Crippen molar-refractivity contribution in [3.63, 3.8) is 0 Å². The van der Waals surface area contributed by atoms with Crippen LogP contribution in [0, 0.1) is 11.8 Å². The fourth-order valence-electron chi connectivity index (χ4n) is 1.94. The second kappa shape index (κ2) is 11.5. The van der Waals surface area contributed by atoms with Crippen LogP contribution in [-0.4, -0.2) is 26.8 Å². The molecule has 136 valence electrons. The van der Waals surface area contributed by atoms with Gasteiger partial charge in [0.15, 0.2) is 0 Å². The third-order valence-corrected chi connectivity index (χ3v) is 5.49. The predicted octanol–water partition coefficient (Wildman–Crippen LogP) is 3.02. The van der Waals surface area contributed by atoms with E-state index < -0.39 is 15.3 Å². The molecule has 1 unspecified atom stereocenters. The number of nitrogens with one attached hydrogen (secondary N) is 1. The fourth-order valence-corrected chi connectivity index (χ4v) is 2.76. The number of hydrogen-bond acceptors (Lipinski definition) is 3. The van der Waals surface area contributed by atoms with E-state index in [9.17, 15) is 8.42 Å². The van der Waals surface area contributed by atoms with Crippen molar-refractivity contribution in [2.75, 3.05) is 13.1 Å². The summed E-state index contributed by atoms with van der Waals surface area (Å²) in [7, 11) is -3.21. The molecule has 0 spiro atoms. The molecule has 0 aromatic heterocycles. The molecular formula is C18H29ClN2O2S. The second-order valence-electron chi connectivity index (χ2n) is 6.01. The third kappa shape index (κ3) is 8.16. The Morgan fingerprint density at radius 1 is 1.12 bits per heavy atom. The molecule has 0 radical (unpaired) electrons. The molecule has 0 aliphatic rings. The largest absolute Gasteiger partial charge is 0.330 e. The highest BCUT2D eigenvalue weighted by Crippen LogP contribution is 2.15. The summed E-state index contributed by atoms with van der Waals surface area (Å²) in [5.41, 5.74) is 7.53. The van der Waals surface area contributed by atoms with Gasteiger partial charge in [-0.05, 0) is 56.8 Å². The summed E-state index contributed by atoms with van der Waals surface area (Å²) in [6.07, 6.45) is 2.92. The Labute approximate surface area is 153 Å². The van der Waals surface area contributed by atoms with Crippen LogP contribution in [0.4, 0.5) is 0 Å². The lowest BCUT2D eigenvalue weighted by molar-refractivity contribution is 0.566. The van der Waals surface area contributed by atoms with Crippen LogP contribution in [0.25, 0.3) is 0 Å². The number of unbranched alkanes of at least 4 members (excludes halogenated alkanes) is 2. The highest BCUT2D eigenvalue weighted by molar-refractivity contribution is 7.90. The molecule has 0 bridgehead atoms. The summed E-state index contributed by atoms with van der Waals surface area (Å²) in [4.78, 5) is 0. The number of nitrogens with two attached hydrogens (primary N) is 1. The smallest absolute Gasteiger partial charge is 0.213 e. The van der Waals surface area contributed by atoms with Gasteiger partial charge in [0.1, 0.15) is 0 Å². The van der Waals surface area contributed by atoms with Crippen LogP contribution in [0.5, 0.6) is 0 Å². The van der Waals surface area contributed by atoms with Gasteiger partial charge >= 0.3 is 0 Å². The Morgan fingerprint density at radius 3 is 2.29 bits per heavy atom. The summed E-state index contributed by atoms with van der Waals surface area (Å²) in [5.74, 6) is 6.40. The first kappa shape index (κ1) is 22.9. The van der Waals surface area contributed by atoms with Crippen molar-refractivity contribution in [1.82, 2.24) is 4.72 Å². The van der Waals surface area contributed by atoms with E-state index in [1.165, 1.54) is 0 Å². The number of sulfonamides is 1. The molecule has 1 atom stereocenters. The molecule has 6 heteroatoms. The van der Waals surface area contributed by atoms with Crippen LogP contribution in [0.3, 0.4) is 0 Å². The Bertz CT molecular complexity index is 631. The van der Waals surface area contributed by atoms with Crippen LogP contribution < -0.4 is 10.5 Å². The summed E-state index contributed by atoms with van der Waals surface area (Å²) in [6.45, 7) is 6.48. The topological polar surface area (TPSA) is 72.2 Å². The van der Waals surface area contributed by atoms with Gasteiger partial charge in [-0.3, -0.25) is 0 Å². The normalized spacial score (nSPS) is 12.2. The molecule has 1 rings (SSSR count). The Hall–Kier alpha value is -1.06. The van der Waals surface area contributed by atoms with E-state index in [4.69, 9.17) is 5.73 Å². The molecule has 0 amide bonds. The SMILES string of the molecule is CC(CNS(=O)(=O)C(C)C)c1ccc(C#CCCCCN)cc1.Cl. The van der Waals surface area contributed by atoms with Crippen LogP contribution in [0.15, 0.2) is 24.3 Å². The van der Waals surface area contributed by atoms with Gasteiger partial charge in [-0.1, -0.05) is 30.9 Å². The van der Waals surface area contributed by atoms with Gasteiger partial charge in [-0.25, -0.2) is 13.1 Å². The van der Waals surface area contributed by atoms with E-state index in [0.717, 1.165) is 36.9 Å². The first-order valence-electron chi connectivity index (χ1n) is 8.14. The fraction of sp³-hybridized carbons (Fsp3) is 0.556. The van der Waals surface area contributed by atoms with E-state index in [0.29, 0.717) is 6.54 Å². The zero-order valence-corrected chi connectivity index (χ0v) is 16.3. The van der Waals surface area contributed by atoms with E-state index in [2.05, 4.69) is 16.6 Å². The van der Waals surface area contributed by atoms with E-state index in [-0.39, 0.29) is 18.3 Å². The van der Waals surface area contributed by atoms with Crippen molar-refractivity contribution >= 4 is 22.4 Å². The number of rotatable bonds is 8. The Balaban J connectivity index is 0.00000529. The molecule has 0 aliphatic heterocycles. The van der Waals surface area contributed by atoms with Gasteiger partial charge in [0.05, 0.1) is 5.25 Å². The second-order valence-corrected chi connectivity index (χ2v) is 8.33. The van der Waals surface area contributed by atoms with Crippen LogP contribution in [0.2, 0.25) is 0 Å². The minimum absolute atomic E-state index is 0. The van der Waals surface area contributed by atoms with Gasteiger partial charge in [-0.2, -0.15) is 0 Å². The molecule has 1 aromatic carbocycles. The van der Waals surface area contributed by atoms with Gasteiger partial charge in [0.2, 0.25) is 10.0 Å².